The van der Waals surface area contributed by atoms with E-state index in [9.17, 15) is 0 Å². The van der Waals surface area contributed by atoms with Crippen LogP contribution in [0.25, 0.3) is 0 Å². The van der Waals surface area contributed by atoms with Crippen molar-refractivity contribution in [3.05, 3.63) is 66.2 Å². The Morgan fingerprint density at radius 3 is 2.10 bits per heavy atom. The lowest BCUT2D eigenvalue weighted by Crippen LogP contribution is -2.24. The summed E-state index contributed by atoms with van der Waals surface area (Å²) in [5.74, 6) is 0. The van der Waals surface area contributed by atoms with Crippen molar-refractivity contribution in [1.82, 2.24) is 4.90 Å². The van der Waals surface area contributed by atoms with Crippen molar-refractivity contribution in [3.8, 4) is 0 Å². The first-order valence-corrected chi connectivity index (χ1v) is 7.14. The van der Waals surface area contributed by atoms with E-state index in [0.29, 0.717) is 0 Å². The van der Waals surface area contributed by atoms with Gasteiger partial charge >= 0.3 is 0 Å². The van der Waals surface area contributed by atoms with Gasteiger partial charge in [0.15, 0.2) is 0 Å². The molecule has 0 aliphatic carbocycles. The van der Waals surface area contributed by atoms with Gasteiger partial charge in [-0.2, -0.15) is 0 Å². The van der Waals surface area contributed by atoms with Crippen molar-refractivity contribution in [2.45, 2.75) is 12.5 Å². The quantitative estimate of drug-likeness (QED) is 0.832. The molecule has 0 saturated heterocycles. The zero-order valence-corrected chi connectivity index (χ0v) is 12.7. The van der Waals surface area contributed by atoms with Crippen LogP contribution < -0.4 is 5.32 Å². The number of nitrogens with one attached hydrogen (secondary N) is 1. The van der Waals surface area contributed by atoms with E-state index in [1.807, 2.05) is 43.3 Å². The van der Waals surface area contributed by atoms with Crippen molar-refractivity contribution in [2.75, 3.05) is 19.4 Å². The Morgan fingerprint density at radius 1 is 1.00 bits per heavy atom. The molecule has 0 bridgehead atoms. The summed E-state index contributed by atoms with van der Waals surface area (Å²) in [4.78, 5) is 2.94. The van der Waals surface area contributed by atoms with Crippen LogP contribution in [-0.2, 0) is 0 Å². The fraction of sp³-hybridized carbons (Fsp3) is 0.235. The lowest BCUT2D eigenvalue weighted by atomic mass is 10.0. The number of hydrogen-bond donors (Lipinski definition) is 1. The van der Waals surface area contributed by atoms with Crippen LogP contribution in [0.1, 0.15) is 18.0 Å². The van der Waals surface area contributed by atoms with Crippen molar-refractivity contribution in [2.24, 2.45) is 0 Å². The van der Waals surface area contributed by atoms with Gasteiger partial charge in [0, 0.05) is 26.2 Å². The molecule has 0 aliphatic rings. The monoisotopic (exact) mass is 284 g/mol. The molecule has 0 spiro atoms. The molecule has 2 aromatic carbocycles. The highest BCUT2D eigenvalue weighted by Gasteiger charge is 2.14. The molecule has 0 heterocycles. The maximum Gasteiger partial charge on any atom is 0.0798 e. The highest BCUT2D eigenvalue weighted by Crippen LogP contribution is 2.23. The van der Waals surface area contributed by atoms with Gasteiger partial charge in [0.25, 0.3) is 0 Å². The third kappa shape index (κ3) is 4.07. The van der Waals surface area contributed by atoms with Crippen LogP contribution in [0.4, 0.5) is 5.69 Å². The molecule has 2 aromatic rings. The maximum absolute atomic E-state index is 5.46. The summed E-state index contributed by atoms with van der Waals surface area (Å²) in [6.45, 7) is 0. The van der Waals surface area contributed by atoms with Crippen LogP contribution in [0, 0.1) is 0 Å². The number of nitrogens with zero attached hydrogens (tertiary/aromatic N) is 1. The highest BCUT2D eigenvalue weighted by molar-refractivity contribution is 7.80. The zero-order chi connectivity index (χ0) is 14.4. The molecule has 0 fully saturated rings. The standard InChI is InChI=1S/C17H20N2S/c1-19(2)17(20)13-16(14-9-5-3-6-10-14)18-15-11-7-4-8-12-15/h3-12,16,18H,13H2,1-2H3. The van der Waals surface area contributed by atoms with Gasteiger partial charge < -0.3 is 10.2 Å². The first-order chi connectivity index (χ1) is 9.66. The van der Waals surface area contributed by atoms with Crippen molar-refractivity contribution < 1.29 is 0 Å². The minimum atomic E-state index is 0.188. The predicted octanol–water partition coefficient (Wildman–Crippen LogP) is 4.12. The van der Waals surface area contributed by atoms with E-state index in [4.69, 9.17) is 12.2 Å². The number of benzene rings is 2. The summed E-state index contributed by atoms with van der Waals surface area (Å²) in [5, 5.41) is 3.57. The van der Waals surface area contributed by atoms with Crippen LogP contribution >= 0.6 is 12.2 Å². The largest absolute Gasteiger partial charge is 0.378 e. The smallest absolute Gasteiger partial charge is 0.0798 e. The summed E-state index contributed by atoms with van der Waals surface area (Å²) in [7, 11) is 3.99. The molecular weight excluding hydrogens is 264 g/mol. The molecule has 0 amide bonds. The summed E-state index contributed by atoms with van der Waals surface area (Å²) in [5.41, 5.74) is 2.36. The van der Waals surface area contributed by atoms with E-state index >= 15 is 0 Å². The maximum atomic E-state index is 5.46. The molecule has 20 heavy (non-hydrogen) atoms. The molecule has 0 radical (unpaired) electrons. The predicted molar refractivity (Wildman–Crippen MR) is 90.1 cm³/mol. The van der Waals surface area contributed by atoms with E-state index in [1.165, 1.54) is 5.56 Å². The molecule has 0 aliphatic heterocycles. The number of hydrogen-bond acceptors (Lipinski definition) is 2. The number of rotatable bonds is 5. The fourth-order valence-electron chi connectivity index (χ4n) is 2.03. The lowest BCUT2D eigenvalue weighted by Gasteiger charge is -2.23. The summed E-state index contributed by atoms with van der Waals surface area (Å²) < 4.78 is 0. The fourth-order valence-corrected chi connectivity index (χ4v) is 2.20. The van der Waals surface area contributed by atoms with Crippen LogP contribution in [0.5, 0.6) is 0 Å². The minimum Gasteiger partial charge on any atom is -0.378 e. The van der Waals surface area contributed by atoms with Crippen LogP contribution in [0.3, 0.4) is 0 Å². The van der Waals surface area contributed by atoms with Crippen LogP contribution in [0.15, 0.2) is 60.7 Å². The van der Waals surface area contributed by atoms with Crippen LogP contribution in [0.2, 0.25) is 0 Å². The van der Waals surface area contributed by atoms with Crippen molar-refractivity contribution >= 4 is 22.9 Å². The Morgan fingerprint density at radius 2 is 1.55 bits per heavy atom. The summed E-state index contributed by atoms with van der Waals surface area (Å²) in [6, 6.07) is 20.9. The number of anilines is 1. The first-order valence-electron chi connectivity index (χ1n) is 6.73. The molecule has 0 aromatic heterocycles. The molecule has 1 atom stereocenters. The molecule has 0 saturated carbocycles. The van der Waals surface area contributed by atoms with E-state index in [1.54, 1.807) is 0 Å². The SMILES string of the molecule is CN(C)C(=S)CC(Nc1ccccc1)c1ccccc1. The minimum absolute atomic E-state index is 0.188. The Labute approximate surface area is 126 Å². The van der Waals surface area contributed by atoms with E-state index in [0.717, 1.165) is 17.1 Å². The van der Waals surface area contributed by atoms with Crippen molar-refractivity contribution in [1.29, 1.82) is 0 Å². The number of thiocarbonyl (C=S) groups is 1. The Bertz CT molecular complexity index is 537. The van der Waals surface area contributed by atoms with Gasteiger partial charge in [-0.1, -0.05) is 60.7 Å². The molecule has 2 rings (SSSR count). The second kappa shape index (κ2) is 7.06. The number of para-hydroxylation sites is 1. The summed E-state index contributed by atoms with van der Waals surface area (Å²) >= 11 is 5.46. The molecule has 1 unspecified atom stereocenters. The third-order valence-electron chi connectivity index (χ3n) is 3.19. The normalized spacial score (nSPS) is 11.7. The van der Waals surface area contributed by atoms with Gasteiger partial charge in [-0.05, 0) is 17.7 Å². The molecule has 104 valence electrons. The van der Waals surface area contributed by atoms with Gasteiger partial charge in [-0.25, -0.2) is 0 Å². The van der Waals surface area contributed by atoms with Gasteiger partial charge in [0.1, 0.15) is 0 Å². The van der Waals surface area contributed by atoms with Gasteiger partial charge in [-0.3, -0.25) is 0 Å². The third-order valence-corrected chi connectivity index (χ3v) is 3.73. The second-order valence-electron chi connectivity index (χ2n) is 4.97. The Balaban J connectivity index is 2.18. The van der Waals surface area contributed by atoms with E-state index < -0.39 is 0 Å². The Kier molecular flexibility index (Phi) is 5.13. The summed E-state index contributed by atoms with van der Waals surface area (Å²) in [6.07, 6.45) is 0.807. The van der Waals surface area contributed by atoms with E-state index in [-0.39, 0.29) is 6.04 Å². The average Bonchev–Trinajstić information content (AvgIpc) is 2.48. The topological polar surface area (TPSA) is 15.3 Å². The Hall–Kier alpha value is -1.87. The zero-order valence-electron chi connectivity index (χ0n) is 11.9. The molecule has 3 heteroatoms. The van der Waals surface area contributed by atoms with E-state index in [2.05, 4.69) is 41.7 Å². The van der Waals surface area contributed by atoms with Gasteiger partial charge in [0.05, 0.1) is 11.0 Å². The molecule has 2 nitrogen and oxygen atoms in total. The second-order valence-corrected chi connectivity index (χ2v) is 5.44. The van der Waals surface area contributed by atoms with Gasteiger partial charge in [0.2, 0.25) is 0 Å². The highest BCUT2D eigenvalue weighted by atomic mass is 32.1. The van der Waals surface area contributed by atoms with Gasteiger partial charge in [-0.15, -0.1) is 0 Å². The molecular formula is C17H20N2S. The lowest BCUT2D eigenvalue weighted by molar-refractivity contribution is 0.605. The molecule has 1 N–H and O–H groups in total. The first kappa shape index (κ1) is 14.5. The van der Waals surface area contributed by atoms with Crippen LogP contribution in [-0.4, -0.2) is 24.0 Å². The van der Waals surface area contributed by atoms with Crippen molar-refractivity contribution in [3.63, 3.8) is 0 Å². The average molecular weight is 284 g/mol.